The first-order chi connectivity index (χ1) is 11.6. The molecule has 0 bridgehead atoms. The fraction of sp³-hybridized carbons (Fsp3) is 0.316. The quantitative estimate of drug-likeness (QED) is 0.767. The lowest BCUT2D eigenvalue weighted by Gasteiger charge is -2.26. The van der Waals surface area contributed by atoms with Crippen molar-refractivity contribution in [3.05, 3.63) is 71.8 Å². The van der Waals surface area contributed by atoms with E-state index in [1.807, 2.05) is 53.4 Å². The second kappa shape index (κ2) is 7.57. The summed E-state index contributed by atoms with van der Waals surface area (Å²) in [7, 11) is 0. The minimum Gasteiger partial charge on any atom is -0.389 e. The van der Waals surface area contributed by atoms with Gasteiger partial charge in [0.05, 0.1) is 18.2 Å². The van der Waals surface area contributed by atoms with Crippen LogP contribution in [-0.2, 0) is 6.54 Å². The number of nitrogens with one attached hydrogen (secondary N) is 1. The highest BCUT2D eigenvalue weighted by molar-refractivity contribution is 5.94. The molecule has 3 rings (SSSR count). The monoisotopic (exact) mass is 326 g/mol. The average Bonchev–Trinajstić information content (AvgIpc) is 2.88. The summed E-state index contributed by atoms with van der Waals surface area (Å²) in [6.07, 6.45) is -1.67. The number of carbonyl (C=O) groups excluding carboxylic acids is 1. The topological polar surface area (TPSA) is 72.8 Å². The Morgan fingerprint density at radius 1 is 1.04 bits per heavy atom. The lowest BCUT2D eigenvalue weighted by atomic mass is 10.1. The van der Waals surface area contributed by atoms with Gasteiger partial charge in [-0.25, -0.2) is 0 Å². The molecule has 2 aromatic rings. The lowest BCUT2D eigenvalue weighted by molar-refractivity contribution is 0.0370. The molecule has 1 aliphatic rings. The van der Waals surface area contributed by atoms with Crippen LogP contribution in [0.15, 0.2) is 60.7 Å². The number of hydrogen-bond acceptors (Lipinski definition) is 4. The van der Waals surface area contributed by atoms with Gasteiger partial charge in [0.15, 0.2) is 0 Å². The number of aliphatic hydroxyl groups excluding tert-OH is 2. The van der Waals surface area contributed by atoms with Crippen LogP contribution in [0.1, 0.15) is 15.9 Å². The van der Waals surface area contributed by atoms with Gasteiger partial charge in [0.2, 0.25) is 0 Å². The van der Waals surface area contributed by atoms with Gasteiger partial charge in [0.1, 0.15) is 0 Å². The Balaban J connectivity index is 1.64. The molecule has 3 atom stereocenters. The number of nitrogens with zero attached hydrogens (tertiary/aromatic N) is 1. The Kier molecular flexibility index (Phi) is 5.25. The molecule has 5 heteroatoms. The first kappa shape index (κ1) is 16.6. The second-order valence-corrected chi connectivity index (χ2v) is 6.12. The molecule has 0 spiro atoms. The SMILES string of the molecule is O=C(NC[C@@H]1[C@@H](O)[C@@H](O)CN1Cc1ccccc1)c1ccccc1. The summed E-state index contributed by atoms with van der Waals surface area (Å²) in [5, 5.41) is 23.1. The van der Waals surface area contributed by atoms with Gasteiger partial charge in [-0.3, -0.25) is 9.69 Å². The third-order valence-corrected chi connectivity index (χ3v) is 4.42. The first-order valence-electron chi connectivity index (χ1n) is 8.12. The summed E-state index contributed by atoms with van der Waals surface area (Å²) in [6.45, 7) is 1.31. The van der Waals surface area contributed by atoms with E-state index in [0.717, 1.165) is 5.56 Å². The number of aliphatic hydroxyl groups is 2. The molecular weight excluding hydrogens is 304 g/mol. The van der Waals surface area contributed by atoms with Crippen LogP contribution >= 0.6 is 0 Å². The zero-order valence-corrected chi connectivity index (χ0v) is 13.4. The second-order valence-electron chi connectivity index (χ2n) is 6.12. The van der Waals surface area contributed by atoms with Crippen LogP contribution in [0.5, 0.6) is 0 Å². The predicted molar refractivity (Wildman–Crippen MR) is 91.4 cm³/mol. The summed E-state index contributed by atoms with van der Waals surface area (Å²) in [5.74, 6) is -0.177. The third kappa shape index (κ3) is 3.82. The van der Waals surface area contributed by atoms with Gasteiger partial charge in [-0.2, -0.15) is 0 Å². The maximum Gasteiger partial charge on any atom is 0.251 e. The number of β-amino-alcohol motifs (C(OH)–C–C–N with tert-alkyl or cyclic N) is 1. The molecule has 24 heavy (non-hydrogen) atoms. The molecule has 0 aliphatic carbocycles. The van der Waals surface area contributed by atoms with Crippen LogP contribution in [0.25, 0.3) is 0 Å². The molecule has 5 nitrogen and oxygen atoms in total. The highest BCUT2D eigenvalue weighted by atomic mass is 16.3. The van der Waals surface area contributed by atoms with E-state index in [9.17, 15) is 15.0 Å². The lowest BCUT2D eigenvalue weighted by Crippen LogP contribution is -2.45. The van der Waals surface area contributed by atoms with Crippen LogP contribution in [-0.4, -0.2) is 52.4 Å². The molecule has 3 N–H and O–H groups in total. The van der Waals surface area contributed by atoms with Crippen LogP contribution in [0, 0.1) is 0 Å². The summed E-state index contributed by atoms with van der Waals surface area (Å²) in [4.78, 5) is 14.2. The Morgan fingerprint density at radius 3 is 2.33 bits per heavy atom. The summed E-state index contributed by atoms with van der Waals surface area (Å²) in [6, 6.07) is 18.6. The molecule has 1 amide bonds. The fourth-order valence-electron chi connectivity index (χ4n) is 3.09. The zero-order valence-electron chi connectivity index (χ0n) is 13.4. The first-order valence-corrected chi connectivity index (χ1v) is 8.12. The summed E-state index contributed by atoms with van der Waals surface area (Å²) >= 11 is 0. The van der Waals surface area contributed by atoms with Gasteiger partial charge in [-0.1, -0.05) is 48.5 Å². The van der Waals surface area contributed by atoms with Gasteiger partial charge >= 0.3 is 0 Å². The van der Waals surface area contributed by atoms with Crippen LogP contribution < -0.4 is 5.32 Å². The van der Waals surface area contributed by atoms with Crippen LogP contribution in [0.3, 0.4) is 0 Å². The number of amides is 1. The molecule has 1 aliphatic heterocycles. The number of carbonyl (C=O) groups is 1. The van der Waals surface area contributed by atoms with Crippen molar-refractivity contribution in [1.29, 1.82) is 0 Å². The molecule has 0 radical (unpaired) electrons. The van der Waals surface area contributed by atoms with Crippen molar-refractivity contribution in [3.63, 3.8) is 0 Å². The number of benzene rings is 2. The predicted octanol–water partition coefficient (Wildman–Crippen LogP) is 1.02. The Labute approximate surface area is 141 Å². The number of likely N-dealkylation sites (tertiary alicyclic amines) is 1. The van der Waals surface area contributed by atoms with Gasteiger partial charge < -0.3 is 15.5 Å². The molecule has 2 aromatic carbocycles. The van der Waals surface area contributed by atoms with Crippen LogP contribution in [0.2, 0.25) is 0 Å². The van der Waals surface area contributed by atoms with Gasteiger partial charge in [0, 0.05) is 25.2 Å². The maximum absolute atomic E-state index is 12.2. The number of rotatable bonds is 5. The Hall–Kier alpha value is -2.21. The minimum absolute atomic E-state index is 0.177. The standard InChI is InChI=1S/C19H22N2O3/c22-17-13-21(12-14-7-3-1-4-8-14)16(18(17)23)11-20-19(24)15-9-5-2-6-10-15/h1-10,16-18,22-23H,11-13H2,(H,20,24)/t16-,17+,18-/m1/s1. The van der Waals surface area contributed by atoms with Crippen molar-refractivity contribution >= 4 is 5.91 Å². The van der Waals surface area contributed by atoms with Crippen LogP contribution in [0.4, 0.5) is 0 Å². The summed E-state index contributed by atoms with van der Waals surface area (Å²) in [5.41, 5.74) is 1.69. The van der Waals surface area contributed by atoms with Crippen molar-refractivity contribution in [2.45, 2.75) is 24.8 Å². The Bertz CT molecular complexity index is 663. The van der Waals surface area contributed by atoms with Crippen molar-refractivity contribution in [2.75, 3.05) is 13.1 Å². The fourth-order valence-corrected chi connectivity index (χ4v) is 3.09. The average molecular weight is 326 g/mol. The van der Waals surface area contributed by atoms with Gasteiger partial charge in [-0.05, 0) is 17.7 Å². The molecule has 1 fully saturated rings. The van der Waals surface area contributed by atoms with E-state index in [1.54, 1.807) is 12.1 Å². The largest absolute Gasteiger partial charge is 0.389 e. The molecule has 126 valence electrons. The zero-order chi connectivity index (χ0) is 16.9. The molecule has 0 saturated carbocycles. The van der Waals surface area contributed by atoms with Gasteiger partial charge in [-0.15, -0.1) is 0 Å². The van der Waals surface area contributed by atoms with E-state index in [1.165, 1.54) is 0 Å². The van der Waals surface area contributed by atoms with Crippen molar-refractivity contribution in [2.24, 2.45) is 0 Å². The third-order valence-electron chi connectivity index (χ3n) is 4.42. The van der Waals surface area contributed by atoms with E-state index >= 15 is 0 Å². The van der Waals surface area contributed by atoms with Crippen molar-refractivity contribution < 1.29 is 15.0 Å². The molecule has 1 heterocycles. The summed E-state index contributed by atoms with van der Waals surface area (Å²) < 4.78 is 0. The minimum atomic E-state index is -0.871. The highest BCUT2D eigenvalue weighted by Gasteiger charge is 2.39. The highest BCUT2D eigenvalue weighted by Crippen LogP contribution is 2.21. The van der Waals surface area contributed by atoms with Gasteiger partial charge in [0.25, 0.3) is 5.91 Å². The smallest absolute Gasteiger partial charge is 0.251 e. The van der Waals surface area contributed by atoms with E-state index in [2.05, 4.69) is 5.32 Å². The van der Waals surface area contributed by atoms with Crippen molar-refractivity contribution in [3.8, 4) is 0 Å². The molecule has 0 aromatic heterocycles. The molecule has 0 unspecified atom stereocenters. The van der Waals surface area contributed by atoms with E-state index in [4.69, 9.17) is 0 Å². The maximum atomic E-state index is 12.2. The number of hydrogen-bond donors (Lipinski definition) is 3. The van der Waals surface area contributed by atoms with E-state index < -0.39 is 12.2 Å². The van der Waals surface area contributed by atoms with E-state index in [0.29, 0.717) is 25.2 Å². The molecule has 1 saturated heterocycles. The van der Waals surface area contributed by atoms with E-state index in [-0.39, 0.29) is 11.9 Å². The Morgan fingerprint density at radius 2 is 1.67 bits per heavy atom. The van der Waals surface area contributed by atoms with Crippen molar-refractivity contribution in [1.82, 2.24) is 10.2 Å². The molecular formula is C19H22N2O3. The normalized spacial score (nSPS) is 24.0.